The SMILES string of the molecule is CCNc1cn2ccnc2c(NCc2cc(Br)cs2)n1. The van der Waals surface area contributed by atoms with Crippen LogP contribution in [0.5, 0.6) is 0 Å². The van der Waals surface area contributed by atoms with E-state index in [4.69, 9.17) is 0 Å². The molecule has 2 N–H and O–H groups in total. The van der Waals surface area contributed by atoms with Gasteiger partial charge in [0.25, 0.3) is 0 Å². The summed E-state index contributed by atoms with van der Waals surface area (Å²) in [6.45, 7) is 3.63. The van der Waals surface area contributed by atoms with E-state index in [9.17, 15) is 0 Å². The molecular weight excluding hydrogens is 338 g/mol. The first-order chi connectivity index (χ1) is 9.76. The molecule has 0 aliphatic heterocycles. The molecule has 0 unspecified atom stereocenters. The molecule has 3 aromatic heterocycles. The molecule has 3 rings (SSSR count). The standard InChI is InChI=1S/C13H14BrN5S/c1-2-15-11-7-19-4-3-16-13(19)12(18-11)17-6-10-5-9(14)8-20-10/h3-5,7-8,15H,2,6H2,1H3,(H,17,18). The number of nitrogens with one attached hydrogen (secondary N) is 2. The summed E-state index contributed by atoms with van der Waals surface area (Å²) in [7, 11) is 0. The Kier molecular flexibility index (Phi) is 3.88. The average Bonchev–Trinajstić information content (AvgIpc) is 3.05. The first kappa shape index (κ1) is 13.4. The molecule has 0 radical (unpaired) electrons. The molecule has 20 heavy (non-hydrogen) atoms. The van der Waals surface area contributed by atoms with Crippen molar-refractivity contribution in [3.05, 3.63) is 39.4 Å². The summed E-state index contributed by atoms with van der Waals surface area (Å²) in [5.74, 6) is 1.63. The largest absolute Gasteiger partial charge is 0.369 e. The molecule has 0 amide bonds. The fraction of sp³-hybridized carbons (Fsp3) is 0.231. The van der Waals surface area contributed by atoms with Crippen LogP contribution in [0.2, 0.25) is 0 Å². The van der Waals surface area contributed by atoms with Gasteiger partial charge in [0.1, 0.15) is 5.82 Å². The Hall–Kier alpha value is -1.60. The zero-order valence-electron chi connectivity index (χ0n) is 10.9. The fourth-order valence-electron chi connectivity index (χ4n) is 1.93. The summed E-state index contributed by atoms with van der Waals surface area (Å²) in [4.78, 5) is 10.2. The predicted octanol–water partition coefficient (Wildman–Crippen LogP) is 3.60. The van der Waals surface area contributed by atoms with Crippen LogP contribution < -0.4 is 10.6 Å². The second-order valence-electron chi connectivity index (χ2n) is 4.25. The molecule has 7 heteroatoms. The minimum absolute atomic E-state index is 0.737. The highest BCUT2D eigenvalue weighted by Gasteiger charge is 2.07. The number of imidazole rings is 1. The van der Waals surface area contributed by atoms with Crippen molar-refractivity contribution in [2.75, 3.05) is 17.2 Å². The highest BCUT2D eigenvalue weighted by atomic mass is 79.9. The van der Waals surface area contributed by atoms with E-state index in [0.29, 0.717) is 0 Å². The van der Waals surface area contributed by atoms with Crippen LogP contribution in [0.1, 0.15) is 11.8 Å². The summed E-state index contributed by atoms with van der Waals surface area (Å²) in [6, 6.07) is 2.11. The van der Waals surface area contributed by atoms with Crippen molar-refractivity contribution in [2.45, 2.75) is 13.5 Å². The van der Waals surface area contributed by atoms with Crippen molar-refractivity contribution in [1.29, 1.82) is 0 Å². The van der Waals surface area contributed by atoms with Gasteiger partial charge < -0.3 is 15.0 Å². The van der Waals surface area contributed by atoms with Crippen LogP contribution in [0, 0.1) is 0 Å². The minimum atomic E-state index is 0.737. The topological polar surface area (TPSA) is 54.2 Å². The van der Waals surface area contributed by atoms with Crippen LogP contribution >= 0.6 is 27.3 Å². The highest BCUT2D eigenvalue weighted by molar-refractivity contribution is 9.10. The first-order valence-corrected chi connectivity index (χ1v) is 7.98. The van der Waals surface area contributed by atoms with E-state index in [1.807, 2.05) is 16.8 Å². The summed E-state index contributed by atoms with van der Waals surface area (Å²) >= 11 is 5.18. The van der Waals surface area contributed by atoms with Gasteiger partial charge in [-0.2, -0.15) is 0 Å². The predicted molar refractivity (Wildman–Crippen MR) is 86.5 cm³/mol. The summed E-state index contributed by atoms with van der Waals surface area (Å²) in [5.41, 5.74) is 0.835. The number of thiophene rings is 1. The first-order valence-electron chi connectivity index (χ1n) is 6.30. The molecule has 3 aromatic rings. The molecule has 0 aromatic carbocycles. The molecule has 0 spiro atoms. The number of aromatic nitrogens is 3. The molecule has 0 aliphatic rings. The van der Waals surface area contributed by atoms with Gasteiger partial charge in [-0.1, -0.05) is 0 Å². The molecule has 0 fully saturated rings. The third-order valence-corrected chi connectivity index (χ3v) is 4.48. The van der Waals surface area contributed by atoms with Crippen molar-refractivity contribution in [1.82, 2.24) is 14.4 Å². The summed E-state index contributed by atoms with van der Waals surface area (Å²) < 4.78 is 3.08. The lowest BCUT2D eigenvalue weighted by molar-refractivity contribution is 1.06. The minimum Gasteiger partial charge on any atom is -0.369 e. The van der Waals surface area contributed by atoms with E-state index in [2.05, 4.69) is 54.9 Å². The van der Waals surface area contributed by atoms with E-state index < -0.39 is 0 Å². The van der Waals surface area contributed by atoms with Crippen LogP contribution in [-0.4, -0.2) is 20.9 Å². The fourth-order valence-corrected chi connectivity index (χ4v) is 3.32. The van der Waals surface area contributed by atoms with Crippen molar-refractivity contribution < 1.29 is 0 Å². The lowest BCUT2D eigenvalue weighted by Gasteiger charge is -2.09. The quantitative estimate of drug-likeness (QED) is 0.737. The molecule has 5 nitrogen and oxygen atoms in total. The van der Waals surface area contributed by atoms with Crippen molar-refractivity contribution >= 4 is 44.5 Å². The Morgan fingerprint density at radius 2 is 2.30 bits per heavy atom. The molecule has 0 saturated carbocycles. The Morgan fingerprint density at radius 1 is 1.40 bits per heavy atom. The molecule has 0 saturated heterocycles. The Labute approximate surface area is 129 Å². The third kappa shape index (κ3) is 2.78. The highest BCUT2D eigenvalue weighted by Crippen LogP contribution is 2.22. The van der Waals surface area contributed by atoms with Crippen LogP contribution in [0.25, 0.3) is 5.65 Å². The number of hydrogen-bond acceptors (Lipinski definition) is 5. The Balaban J connectivity index is 1.87. The van der Waals surface area contributed by atoms with E-state index in [1.54, 1.807) is 17.5 Å². The molecule has 104 valence electrons. The number of hydrogen-bond donors (Lipinski definition) is 2. The van der Waals surface area contributed by atoms with Crippen LogP contribution in [0.4, 0.5) is 11.6 Å². The van der Waals surface area contributed by atoms with Crippen molar-refractivity contribution in [3.63, 3.8) is 0 Å². The molecular formula is C13H14BrN5S. The van der Waals surface area contributed by atoms with E-state index in [-0.39, 0.29) is 0 Å². The smallest absolute Gasteiger partial charge is 0.180 e. The second kappa shape index (κ2) is 5.80. The number of anilines is 2. The third-order valence-electron chi connectivity index (χ3n) is 2.78. The zero-order chi connectivity index (χ0) is 13.9. The Morgan fingerprint density at radius 3 is 3.05 bits per heavy atom. The van der Waals surface area contributed by atoms with E-state index in [0.717, 1.165) is 34.8 Å². The van der Waals surface area contributed by atoms with Gasteiger partial charge in [-0.25, -0.2) is 9.97 Å². The zero-order valence-corrected chi connectivity index (χ0v) is 13.3. The van der Waals surface area contributed by atoms with E-state index in [1.165, 1.54) is 4.88 Å². The van der Waals surface area contributed by atoms with Gasteiger partial charge in [-0.15, -0.1) is 11.3 Å². The lowest BCUT2D eigenvalue weighted by atomic mass is 10.4. The van der Waals surface area contributed by atoms with E-state index >= 15 is 0 Å². The maximum Gasteiger partial charge on any atom is 0.180 e. The summed E-state index contributed by atoms with van der Waals surface area (Å²) in [6.07, 6.45) is 5.64. The number of halogens is 1. The van der Waals surface area contributed by atoms with Crippen LogP contribution in [0.15, 0.2) is 34.5 Å². The van der Waals surface area contributed by atoms with Gasteiger partial charge in [0.05, 0.1) is 12.7 Å². The summed E-state index contributed by atoms with van der Waals surface area (Å²) in [5, 5.41) is 8.66. The van der Waals surface area contributed by atoms with Gasteiger partial charge in [-0.3, -0.25) is 0 Å². The maximum absolute atomic E-state index is 4.57. The molecule has 0 aliphatic carbocycles. The molecule has 0 atom stereocenters. The maximum atomic E-state index is 4.57. The number of nitrogens with zero attached hydrogens (tertiary/aromatic N) is 3. The monoisotopic (exact) mass is 351 g/mol. The van der Waals surface area contributed by atoms with Gasteiger partial charge in [0.2, 0.25) is 0 Å². The van der Waals surface area contributed by atoms with Gasteiger partial charge in [0, 0.05) is 33.7 Å². The second-order valence-corrected chi connectivity index (χ2v) is 6.16. The van der Waals surface area contributed by atoms with Gasteiger partial charge in [0.15, 0.2) is 11.5 Å². The number of fused-ring (bicyclic) bond motifs is 1. The van der Waals surface area contributed by atoms with Crippen molar-refractivity contribution in [3.8, 4) is 0 Å². The van der Waals surface area contributed by atoms with Gasteiger partial charge in [-0.05, 0) is 28.9 Å². The average molecular weight is 352 g/mol. The Bertz CT molecular complexity index is 720. The lowest BCUT2D eigenvalue weighted by Crippen LogP contribution is -2.07. The van der Waals surface area contributed by atoms with Crippen molar-refractivity contribution in [2.24, 2.45) is 0 Å². The normalized spacial score (nSPS) is 10.9. The molecule has 3 heterocycles. The van der Waals surface area contributed by atoms with Gasteiger partial charge >= 0.3 is 0 Å². The molecule has 0 bridgehead atoms. The van der Waals surface area contributed by atoms with Crippen LogP contribution in [0.3, 0.4) is 0 Å². The number of rotatable bonds is 5. The van der Waals surface area contributed by atoms with Crippen LogP contribution in [-0.2, 0) is 6.54 Å².